The van der Waals surface area contributed by atoms with Gasteiger partial charge in [0.05, 0.1) is 12.7 Å². The zero-order valence-corrected chi connectivity index (χ0v) is 13.2. The molecule has 0 saturated carbocycles. The standard InChI is InChI=1S/C17H19N3O2/c1-10(2)15-16(22-4)14(17(21)20(3)19-15)12-9-18-13-8-6-5-7-11(12)13/h5-10,18H,1-4H3. The fourth-order valence-electron chi connectivity index (χ4n) is 2.74. The molecule has 22 heavy (non-hydrogen) atoms. The van der Waals surface area contributed by atoms with Crippen LogP contribution in [0.25, 0.3) is 22.0 Å². The normalized spacial score (nSPS) is 11.3. The number of hydrogen-bond acceptors (Lipinski definition) is 3. The van der Waals surface area contributed by atoms with Gasteiger partial charge in [-0.3, -0.25) is 4.79 Å². The van der Waals surface area contributed by atoms with E-state index < -0.39 is 0 Å². The van der Waals surface area contributed by atoms with Crippen LogP contribution >= 0.6 is 0 Å². The summed E-state index contributed by atoms with van der Waals surface area (Å²) in [5, 5.41) is 5.36. The van der Waals surface area contributed by atoms with Crippen molar-refractivity contribution >= 4 is 10.9 Å². The molecule has 1 N–H and O–H groups in total. The highest BCUT2D eigenvalue weighted by Gasteiger charge is 2.22. The fraction of sp³-hybridized carbons (Fsp3) is 0.294. The smallest absolute Gasteiger partial charge is 0.278 e. The van der Waals surface area contributed by atoms with Gasteiger partial charge in [0.25, 0.3) is 5.56 Å². The number of benzene rings is 1. The number of para-hydroxylation sites is 1. The van der Waals surface area contributed by atoms with Crippen molar-refractivity contribution in [1.29, 1.82) is 0 Å². The summed E-state index contributed by atoms with van der Waals surface area (Å²) < 4.78 is 6.94. The van der Waals surface area contributed by atoms with Crippen molar-refractivity contribution in [1.82, 2.24) is 14.8 Å². The monoisotopic (exact) mass is 297 g/mol. The third-order valence-corrected chi connectivity index (χ3v) is 3.83. The van der Waals surface area contributed by atoms with Gasteiger partial charge in [0, 0.05) is 35.6 Å². The summed E-state index contributed by atoms with van der Waals surface area (Å²) in [4.78, 5) is 15.9. The van der Waals surface area contributed by atoms with Crippen molar-refractivity contribution in [2.75, 3.05) is 7.11 Å². The first-order valence-corrected chi connectivity index (χ1v) is 7.26. The quantitative estimate of drug-likeness (QED) is 0.808. The highest BCUT2D eigenvalue weighted by atomic mass is 16.5. The topological polar surface area (TPSA) is 59.9 Å². The summed E-state index contributed by atoms with van der Waals surface area (Å²) in [6.07, 6.45) is 1.86. The summed E-state index contributed by atoms with van der Waals surface area (Å²) >= 11 is 0. The third kappa shape index (κ3) is 2.09. The molecule has 0 radical (unpaired) electrons. The van der Waals surface area contributed by atoms with Gasteiger partial charge in [0.2, 0.25) is 0 Å². The molecule has 1 aromatic carbocycles. The molecule has 0 saturated heterocycles. The van der Waals surface area contributed by atoms with Crippen LogP contribution in [-0.4, -0.2) is 21.9 Å². The van der Waals surface area contributed by atoms with Gasteiger partial charge >= 0.3 is 0 Å². The Labute approximate surface area is 128 Å². The largest absolute Gasteiger partial charge is 0.494 e. The van der Waals surface area contributed by atoms with Crippen LogP contribution < -0.4 is 10.3 Å². The van der Waals surface area contributed by atoms with Crippen molar-refractivity contribution in [3.05, 3.63) is 46.5 Å². The van der Waals surface area contributed by atoms with E-state index in [9.17, 15) is 4.79 Å². The first-order valence-electron chi connectivity index (χ1n) is 7.26. The van der Waals surface area contributed by atoms with Crippen LogP contribution in [0.1, 0.15) is 25.5 Å². The van der Waals surface area contributed by atoms with E-state index >= 15 is 0 Å². The number of methoxy groups -OCH3 is 1. The lowest BCUT2D eigenvalue weighted by atomic mass is 10.0. The van der Waals surface area contributed by atoms with Crippen LogP contribution in [0, 0.1) is 0 Å². The Hall–Kier alpha value is -2.56. The number of fused-ring (bicyclic) bond motifs is 1. The van der Waals surface area contributed by atoms with Gasteiger partial charge in [0.15, 0.2) is 5.75 Å². The Morgan fingerprint density at radius 1 is 1.27 bits per heavy atom. The molecule has 5 heteroatoms. The van der Waals surface area contributed by atoms with E-state index in [4.69, 9.17) is 4.74 Å². The Morgan fingerprint density at radius 3 is 2.68 bits per heavy atom. The lowest BCUT2D eigenvalue weighted by molar-refractivity contribution is 0.399. The van der Waals surface area contributed by atoms with E-state index in [1.807, 2.05) is 44.3 Å². The average Bonchev–Trinajstić information content (AvgIpc) is 2.93. The molecule has 0 aliphatic rings. The SMILES string of the molecule is COc1c(C(C)C)nn(C)c(=O)c1-c1c[nH]c2ccccc12. The highest BCUT2D eigenvalue weighted by molar-refractivity contribution is 5.96. The number of hydrogen-bond donors (Lipinski definition) is 1. The molecule has 2 heterocycles. The number of aryl methyl sites for hydroxylation is 1. The molecule has 0 spiro atoms. The number of aromatic amines is 1. The second-order valence-corrected chi connectivity index (χ2v) is 5.62. The summed E-state index contributed by atoms with van der Waals surface area (Å²) in [6, 6.07) is 7.90. The maximum absolute atomic E-state index is 12.7. The minimum atomic E-state index is -0.161. The molecule has 0 unspecified atom stereocenters. The predicted molar refractivity (Wildman–Crippen MR) is 87.4 cm³/mol. The number of ether oxygens (including phenoxy) is 1. The maximum atomic E-state index is 12.7. The maximum Gasteiger partial charge on any atom is 0.278 e. The molecule has 0 bridgehead atoms. The molecule has 0 aliphatic heterocycles. The van der Waals surface area contributed by atoms with E-state index in [-0.39, 0.29) is 11.5 Å². The van der Waals surface area contributed by atoms with Crippen LogP contribution in [0.3, 0.4) is 0 Å². The minimum Gasteiger partial charge on any atom is -0.494 e. The average molecular weight is 297 g/mol. The zero-order valence-electron chi connectivity index (χ0n) is 13.2. The van der Waals surface area contributed by atoms with Gasteiger partial charge in [-0.05, 0) is 6.07 Å². The second-order valence-electron chi connectivity index (χ2n) is 5.62. The molecule has 3 aromatic rings. The van der Waals surface area contributed by atoms with Gasteiger partial charge in [-0.1, -0.05) is 32.0 Å². The molecule has 0 aliphatic carbocycles. The van der Waals surface area contributed by atoms with Gasteiger partial charge in [0.1, 0.15) is 5.69 Å². The number of rotatable bonds is 3. The third-order valence-electron chi connectivity index (χ3n) is 3.83. The molecule has 0 fully saturated rings. The Bertz CT molecular complexity index is 891. The second kappa shape index (κ2) is 5.33. The van der Waals surface area contributed by atoms with Crippen LogP contribution in [0.4, 0.5) is 0 Å². The Kier molecular flexibility index (Phi) is 3.48. The summed E-state index contributed by atoms with van der Waals surface area (Å²) in [7, 11) is 3.26. The number of nitrogens with zero attached hydrogens (tertiary/aromatic N) is 2. The first kappa shape index (κ1) is 14.4. The van der Waals surface area contributed by atoms with E-state index in [1.165, 1.54) is 4.68 Å². The van der Waals surface area contributed by atoms with Gasteiger partial charge in [-0.2, -0.15) is 5.10 Å². The van der Waals surface area contributed by atoms with E-state index in [2.05, 4.69) is 10.1 Å². The molecule has 0 amide bonds. The first-order chi connectivity index (χ1) is 10.5. The highest BCUT2D eigenvalue weighted by Crippen LogP contribution is 2.36. The van der Waals surface area contributed by atoms with Crippen LogP contribution in [0.15, 0.2) is 35.3 Å². The molecule has 2 aromatic heterocycles. The fourth-order valence-corrected chi connectivity index (χ4v) is 2.74. The minimum absolute atomic E-state index is 0.158. The van der Waals surface area contributed by atoms with Crippen LogP contribution in [0.5, 0.6) is 5.75 Å². The lowest BCUT2D eigenvalue weighted by Crippen LogP contribution is -2.24. The van der Waals surface area contributed by atoms with Crippen molar-refractivity contribution in [3.8, 4) is 16.9 Å². The predicted octanol–water partition coefficient (Wildman–Crippen LogP) is 3.06. The van der Waals surface area contributed by atoms with E-state index in [0.717, 1.165) is 22.2 Å². The molecule has 3 rings (SSSR count). The molecule has 5 nitrogen and oxygen atoms in total. The number of H-pyrrole nitrogens is 1. The Balaban J connectivity index is 2.42. The van der Waals surface area contributed by atoms with E-state index in [1.54, 1.807) is 14.2 Å². The van der Waals surface area contributed by atoms with Crippen molar-refractivity contribution in [2.45, 2.75) is 19.8 Å². The van der Waals surface area contributed by atoms with Gasteiger partial charge in [-0.25, -0.2) is 4.68 Å². The Morgan fingerprint density at radius 2 is 2.00 bits per heavy atom. The van der Waals surface area contributed by atoms with Crippen LogP contribution in [-0.2, 0) is 7.05 Å². The van der Waals surface area contributed by atoms with Crippen molar-refractivity contribution in [3.63, 3.8) is 0 Å². The van der Waals surface area contributed by atoms with Crippen molar-refractivity contribution in [2.24, 2.45) is 7.05 Å². The van der Waals surface area contributed by atoms with Gasteiger partial charge < -0.3 is 9.72 Å². The molecule has 0 atom stereocenters. The molecular formula is C17H19N3O2. The number of aromatic nitrogens is 3. The zero-order chi connectivity index (χ0) is 15.9. The molecule has 114 valence electrons. The number of nitrogens with one attached hydrogen (secondary N) is 1. The van der Waals surface area contributed by atoms with E-state index in [0.29, 0.717) is 11.3 Å². The summed E-state index contributed by atoms with van der Waals surface area (Å²) in [6.45, 7) is 4.07. The van der Waals surface area contributed by atoms with Crippen LogP contribution in [0.2, 0.25) is 0 Å². The van der Waals surface area contributed by atoms with Crippen molar-refractivity contribution < 1.29 is 4.74 Å². The van der Waals surface area contributed by atoms with Gasteiger partial charge in [-0.15, -0.1) is 0 Å². The molecular weight excluding hydrogens is 278 g/mol. The summed E-state index contributed by atoms with van der Waals surface area (Å²) in [5.74, 6) is 0.716. The lowest BCUT2D eigenvalue weighted by Gasteiger charge is -2.15. The summed E-state index contributed by atoms with van der Waals surface area (Å²) in [5.41, 5.74) is 3.01.